The lowest BCUT2D eigenvalue weighted by atomic mass is 10.1. The van der Waals surface area contributed by atoms with Crippen LogP contribution in [0.5, 0.6) is 5.75 Å². The lowest BCUT2D eigenvalue weighted by molar-refractivity contribution is -0.122. The minimum Gasteiger partial charge on any atom is -0.494 e. The molecule has 0 spiro atoms. The second-order valence-electron chi connectivity index (χ2n) is 5.04. The number of amides is 1. The first-order chi connectivity index (χ1) is 9.56. The van der Waals surface area contributed by atoms with Gasteiger partial charge in [0.05, 0.1) is 12.6 Å². The van der Waals surface area contributed by atoms with Gasteiger partial charge in [0.1, 0.15) is 5.75 Å². The van der Waals surface area contributed by atoms with Crippen LogP contribution in [0.4, 0.5) is 0 Å². The van der Waals surface area contributed by atoms with Gasteiger partial charge in [-0.25, -0.2) is 0 Å². The van der Waals surface area contributed by atoms with Crippen LogP contribution in [-0.2, 0) is 4.79 Å². The van der Waals surface area contributed by atoms with Gasteiger partial charge in [-0.2, -0.15) is 0 Å². The van der Waals surface area contributed by atoms with Crippen LogP contribution in [0, 0.1) is 0 Å². The first kappa shape index (κ1) is 16.5. The Morgan fingerprint density at radius 1 is 1.30 bits per heavy atom. The largest absolute Gasteiger partial charge is 0.494 e. The lowest BCUT2D eigenvalue weighted by Gasteiger charge is -2.16. The van der Waals surface area contributed by atoms with E-state index in [0.717, 1.165) is 24.2 Å². The average molecular weight is 278 g/mol. The second-order valence-corrected chi connectivity index (χ2v) is 5.04. The summed E-state index contributed by atoms with van der Waals surface area (Å²) in [6.07, 6.45) is 2.27. The highest BCUT2D eigenvalue weighted by Crippen LogP contribution is 2.17. The summed E-state index contributed by atoms with van der Waals surface area (Å²) in [6.45, 7) is 6.65. The minimum absolute atomic E-state index is 0.00679. The Labute approximate surface area is 121 Å². The summed E-state index contributed by atoms with van der Waals surface area (Å²) in [4.78, 5) is 11.9. The summed E-state index contributed by atoms with van der Waals surface area (Å²) in [5, 5.41) is 2.98. The van der Waals surface area contributed by atoms with Crippen molar-refractivity contribution in [3.05, 3.63) is 29.8 Å². The molecule has 0 saturated carbocycles. The number of carbonyl (C=O) groups is 1. The molecule has 0 radical (unpaired) electrons. The van der Waals surface area contributed by atoms with E-state index in [2.05, 4.69) is 12.2 Å². The van der Waals surface area contributed by atoms with Crippen molar-refractivity contribution in [3.63, 3.8) is 0 Å². The molecule has 2 unspecified atom stereocenters. The third-order valence-electron chi connectivity index (χ3n) is 3.18. The molecule has 0 aliphatic heterocycles. The van der Waals surface area contributed by atoms with Gasteiger partial charge >= 0.3 is 0 Å². The Morgan fingerprint density at radius 3 is 2.50 bits per heavy atom. The molecule has 0 saturated heterocycles. The van der Waals surface area contributed by atoms with Crippen LogP contribution in [0.15, 0.2) is 24.3 Å². The predicted molar refractivity (Wildman–Crippen MR) is 81.7 cm³/mol. The van der Waals surface area contributed by atoms with Gasteiger partial charge in [0.2, 0.25) is 5.91 Å². The highest BCUT2D eigenvalue weighted by atomic mass is 16.5. The van der Waals surface area contributed by atoms with Crippen LogP contribution >= 0.6 is 0 Å². The van der Waals surface area contributed by atoms with Crippen molar-refractivity contribution in [2.45, 2.75) is 52.1 Å². The van der Waals surface area contributed by atoms with E-state index in [4.69, 9.17) is 10.5 Å². The smallest absolute Gasteiger partial charge is 0.222 e. The molecule has 0 aliphatic carbocycles. The molecule has 1 rings (SSSR count). The summed E-state index contributed by atoms with van der Waals surface area (Å²) >= 11 is 0. The summed E-state index contributed by atoms with van der Waals surface area (Å²) in [6, 6.07) is 7.72. The fourth-order valence-electron chi connectivity index (χ4n) is 2.11. The summed E-state index contributed by atoms with van der Waals surface area (Å²) in [7, 11) is 0. The summed E-state index contributed by atoms with van der Waals surface area (Å²) < 4.78 is 5.40. The number of nitrogens with two attached hydrogens (primary N) is 1. The van der Waals surface area contributed by atoms with Crippen molar-refractivity contribution in [3.8, 4) is 5.75 Å². The number of nitrogens with one attached hydrogen (secondary N) is 1. The van der Waals surface area contributed by atoms with Gasteiger partial charge in [-0.3, -0.25) is 4.79 Å². The molecule has 0 aromatic heterocycles. The molecule has 20 heavy (non-hydrogen) atoms. The third kappa shape index (κ3) is 5.61. The predicted octanol–water partition coefficient (Wildman–Crippen LogP) is 2.78. The molecule has 4 heteroatoms. The van der Waals surface area contributed by atoms with Crippen LogP contribution in [0.3, 0.4) is 0 Å². The molecule has 3 N–H and O–H groups in total. The van der Waals surface area contributed by atoms with Crippen LogP contribution in [0.25, 0.3) is 0 Å². The number of rotatable bonds is 8. The zero-order chi connectivity index (χ0) is 15.0. The average Bonchev–Trinajstić information content (AvgIpc) is 2.39. The molecule has 1 amide bonds. The van der Waals surface area contributed by atoms with Gasteiger partial charge in [-0.05, 0) is 38.0 Å². The van der Waals surface area contributed by atoms with E-state index in [1.165, 1.54) is 0 Å². The fourth-order valence-corrected chi connectivity index (χ4v) is 2.11. The normalized spacial score (nSPS) is 13.6. The monoisotopic (exact) mass is 278 g/mol. The maximum absolute atomic E-state index is 11.9. The van der Waals surface area contributed by atoms with Crippen molar-refractivity contribution in [2.24, 2.45) is 5.73 Å². The van der Waals surface area contributed by atoms with E-state index < -0.39 is 0 Å². The number of hydrogen-bond donors (Lipinski definition) is 2. The van der Waals surface area contributed by atoms with Crippen LogP contribution in [0.2, 0.25) is 0 Å². The van der Waals surface area contributed by atoms with Gasteiger partial charge in [-0.1, -0.05) is 25.5 Å². The van der Waals surface area contributed by atoms with Gasteiger partial charge in [0.25, 0.3) is 0 Å². The van der Waals surface area contributed by atoms with Crippen molar-refractivity contribution in [1.29, 1.82) is 0 Å². The third-order valence-corrected chi connectivity index (χ3v) is 3.18. The summed E-state index contributed by atoms with van der Waals surface area (Å²) in [5.41, 5.74) is 6.94. The van der Waals surface area contributed by atoms with Gasteiger partial charge < -0.3 is 15.8 Å². The Bertz CT molecular complexity index is 403. The highest BCUT2D eigenvalue weighted by molar-refractivity contribution is 5.77. The SMILES string of the molecule is CCCC(N)CC(=O)NC(C)c1ccc(OCC)cc1. The van der Waals surface area contributed by atoms with E-state index in [0.29, 0.717) is 13.0 Å². The van der Waals surface area contributed by atoms with Crippen LogP contribution < -0.4 is 15.8 Å². The highest BCUT2D eigenvalue weighted by Gasteiger charge is 2.12. The van der Waals surface area contributed by atoms with Crippen LogP contribution in [-0.4, -0.2) is 18.6 Å². The molecule has 0 aliphatic rings. The molecule has 0 bridgehead atoms. The standard InChI is InChI=1S/C16H26N2O2/c1-4-6-14(17)11-16(19)18-12(3)13-7-9-15(10-8-13)20-5-2/h7-10,12,14H,4-6,11,17H2,1-3H3,(H,18,19). The number of benzene rings is 1. The van der Waals surface area contributed by atoms with Crippen molar-refractivity contribution < 1.29 is 9.53 Å². The van der Waals surface area contributed by atoms with Crippen molar-refractivity contribution >= 4 is 5.91 Å². The van der Waals surface area contributed by atoms with Crippen LogP contribution in [0.1, 0.15) is 51.6 Å². The maximum Gasteiger partial charge on any atom is 0.222 e. The van der Waals surface area contributed by atoms with Gasteiger partial charge in [0.15, 0.2) is 0 Å². The van der Waals surface area contributed by atoms with E-state index in [-0.39, 0.29) is 18.0 Å². The van der Waals surface area contributed by atoms with Gasteiger partial charge in [0, 0.05) is 12.5 Å². The molecule has 1 aromatic carbocycles. The molecule has 4 nitrogen and oxygen atoms in total. The van der Waals surface area contributed by atoms with E-state index in [9.17, 15) is 4.79 Å². The first-order valence-electron chi connectivity index (χ1n) is 7.34. The second kappa shape index (κ2) is 8.59. The van der Waals surface area contributed by atoms with Crippen molar-refractivity contribution in [2.75, 3.05) is 6.61 Å². The maximum atomic E-state index is 11.9. The molecule has 112 valence electrons. The Kier molecular flexibility index (Phi) is 7.09. The zero-order valence-electron chi connectivity index (χ0n) is 12.7. The molecular weight excluding hydrogens is 252 g/mol. The van der Waals surface area contributed by atoms with E-state index in [1.54, 1.807) is 0 Å². The number of carbonyl (C=O) groups excluding carboxylic acids is 1. The fraction of sp³-hybridized carbons (Fsp3) is 0.562. The lowest BCUT2D eigenvalue weighted by Crippen LogP contribution is -2.33. The molecule has 0 heterocycles. The molecule has 0 fully saturated rings. The summed E-state index contributed by atoms with van der Waals surface area (Å²) in [5.74, 6) is 0.854. The quantitative estimate of drug-likeness (QED) is 0.768. The number of hydrogen-bond acceptors (Lipinski definition) is 3. The Hall–Kier alpha value is -1.55. The van der Waals surface area contributed by atoms with Crippen molar-refractivity contribution in [1.82, 2.24) is 5.32 Å². The Morgan fingerprint density at radius 2 is 1.95 bits per heavy atom. The molecule has 2 atom stereocenters. The van der Waals surface area contributed by atoms with E-state index in [1.807, 2.05) is 38.1 Å². The molecular formula is C16H26N2O2. The topological polar surface area (TPSA) is 64.4 Å². The Balaban J connectivity index is 2.48. The molecule has 1 aromatic rings. The number of ether oxygens (including phenoxy) is 1. The minimum atomic E-state index is -0.0486. The zero-order valence-corrected chi connectivity index (χ0v) is 12.7. The van der Waals surface area contributed by atoms with E-state index >= 15 is 0 Å². The van der Waals surface area contributed by atoms with Gasteiger partial charge in [-0.15, -0.1) is 0 Å². The first-order valence-corrected chi connectivity index (χ1v) is 7.34.